The van der Waals surface area contributed by atoms with Crippen molar-refractivity contribution in [2.24, 2.45) is 0 Å². The van der Waals surface area contributed by atoms with E-state index >= 15 is 0 Å². The van der Waals surface area contributed by atoms with Crippen molar-refractivity contribution in [3.05, 3.63) is 71.8 Å². The number of sulfone groups is 1. The molecule has 0 radical (unpaired) electrons. The number of hydrogen-bond donors (Lipinski definition) is 0. The Morgan fingerprint density at radius 2 is 1.58 bits per heavy atom. The molecule has 0 aliphatic heterocycles. The molecule has 0 aliphatic rings. The van der Waals surface area contributed by atoms with Crippen LogP contribution in [-0.2, 0) is 9.84 Å². The Morgan fingerprint density at radius 1 is 0.917 bits per heavy atom. The molecule has 4 nitrogen and oxygen atoms in total. The minimum absolute atomic E-state index is 0.122. The van der Waals surface area contributed by atoms with E-state index < -0.39 is 9.84 Å². The number of halogens is 1. The lowest BCUT2D eigenvalue weighted by atomic mass is 10.1. The summed E-state index contributed by atoms with van der Waals surface area (Å²) in [6.45, 7) is 0. The second-order valence-electron chi connectivity index (χ2n) is 5.02. The van der Waals surface area contributed by atoms with Crippen molar-refractivity contribution in [2.45, 2.75) is 9.79 Å². The van der Waals surface area contributed by atoms with Crippen molar-refractivity contribution in [1.29, 1.82) is 0 Å². The number of methoxy groups -OCH3 is 1. The lowest BCUT2D eigenvalue weighted by Gasteiger charge is -2.11. The van der Waals surface area contributed by atoms with E-state index in [1.54, 1.807) is 12.1 Å². The molecule has 0 bridgehead atoms. The predicted octanol–water partition coefficient (Wildman–Crippen LogP) is 4.24. The fourth-order valence-electron chi connectivity index (χ4n) is 2.30. The quantitative estimate of drug-likeness (QED) is 0.699. The molecule has 0 fully saturated rings. The van der Waals surface area contributed by atoms with Gasteiger partial charge in [0.2, 0.25) is 15.7 Å². The molecule has 1 heterocycles. The minimum Gasteiger partial charge on any atom is -0.481 e. The van der Waals surface area contributed by atoms with Gasteiger partial charge in [-0.25, -0.2) is 13.4 Å². The first-order valence-corrected chi connectivity index (χ1v) is 8.99. The second-order valence-corrected chi connectivity index (χ2v) is 7.38. The molecule has 122 valence electrons. The Balaban J connectivity index is 2.22. The van der Waals surface area contributed by atoms with E-state index in [1.165, 1.54) is 31.4 Å². The summed E-state index contributed by atoms with van der Waals surface area (Å²) in [4.78, 5) is 4.63. The third-order valence-corrected chi connectivity index (χ3v) is 5.56. The molecular weight excluding hydrogens is 346 g/mol. The summed E-state index contributed by atoms with van der Waals surface area (Å²) in [5.41, 5.74) is 1.05. The average molecular weight is 360 g/mol. The Kier molecular flexibility index (Phi) is 4.55. The topological polar surface area (TPSA) is 56.3 Å². The maximum absolute atomic E-state index is 13.0. The first-order chi connectivity index (χ1) is 11.5. The van der Waals surface area contributed by atoms with Crippen molar-refractivity contribution >= 4 is 21.4 Å². The molecule has 0 unspecified atom stereocenters. The van der Waals surface area contributed by atoms with Gasteiger partial charge in [0.1, 0.15) is 0 Å². The van der Waals surface area contributed by atoms with Gasteiger partial charge in [-0.15, -0.1) is 0 Å². The van der Waals surface area contributed by atoms with E-state index in [0.29, 0.717) is 22.2 Å². The zero-order valence-electron chi connectivity index (χ0n) is 12.8. The zero-order chi connectivity index (χ0) is 17.2. The Hall–Kier alpha value is -2.37. The molecule has 6 heteroatoms. The molecule has 3 aromatic rings. The molecule has 2 aromatic carbocycles. The number of rotatable bonds is 4. The van der Waals surface area contributed by atoms with Crippen LogP contribution in [0.1, 0.15) is 0 Å². The standard InChI is InChI=1S/C18H14ClNO3S/c1-23-17-12-11-16(18(20-17)13-5-3-2-4-6-13)24(21,22)15-9-7-14(19)8-10-15/h2-12H,1H3. The Bertz CT molecular complexity index is 955. The van der Waals surface area contributed by atoms with Crippen LogP contribution in [0.25, 0.3) is 11.3 Å². The number of ether oxygens (including phenoxy) is 1. The molecule has 1 aromatic heterocycles. The largest absolute Gasteiger partial charge is 0.481 e. The molecular formula is C18H14ClNO3S. The van der Waals surface area contributed by atoms with Gasteiger partial charge in [0.05, 0.1) is 22.6 Å². The summed E-state index contributed by atoms with van der Waals surface area (Å²) in [6.07, 6.45) is 0. The van der Waals surface area contributed by atoms with E-state index in [9.17, 15) is 8.42 Å². The van der Waals surface area contributed by atoms with Gasteiger partial charge in [0.25, 0.3) is 0 Å². The lowest BCUT2D eigenvalue weighted by molar-refractivity contribution is 0.398. The fraction of sp³-hybridized carbons (Fsp3) is 0.0556. The smallest absolute Gasteiger partial charge is 0.213 e. The normalized spacial score (nSPS) is 11.2. The van der Waals surface area contributed by atoms with Crippen LogP contribution in [0.2, 0.25) is 5.02 Å². The van der Waals surface area contributed by atoms with E-state index in [4.69, 9.17) is 16.3 Å². The van der Waals surface area contributed by atoms with Crippen LogP contribution in [0.15, 0.2) is 76.5 Å². The third kappa shape index (κ3) is 3.13. The highest BCUT2D eigenvalue weighted by molar-refractivity contribution is 7.91. The molecule has 0 spiro atoms. The van der Waals surface area contributed by atoms with Crippen molar-refractivity contribution in [3.8, 4) is 17.1 Å². The van der Waals surface area contributed by atoms with Crippen LogP contribution in [0, 0.1) is 0 Å². The highest BCUT2D eigenvalue weighted by atomic mass is 35.5. The van der Waals surface area contributed by atoms with Gasteiger partial charge in [-0.1, -0.05) is 41.9 Å². The zero-order valence-corrected chi connectivity index (χ0v) is 14.4. The average Bonchev–Trinajstić information content (AvgIpc) is 2.62. The summed E-state index contributed by atoms with van der Waals surface area (Å²) < 4.78 is 31.2. The van der Waals surface area contributed by atoms with Crippen LogP contribution >= 0.6 is 11.6 Å². The number of nitrogens with zero attached hydrogens (tertiary/aromatic N) is 1. The van der Waals surface area contributed by atoms with Crippen molar-refractivity contribution in [1.82, 2.24) is 4.98 Å². The van der Waals surface area contributed by atoms with Crippen molar-refractivity contribution in [2.75, 3.05) is 7.11 Å². The van der Waals surface area contributed by atoms with Gasteiger partial charge in [-0.3, -0.25) is 0 Å². The second kappa shape index (κ2) is 6.63. The van der Waals surface area contributed by atoms with Crippen LogP contribution in [0.4, 0.5) is 0 Å². The van der Waals surface area contributed by atoms with Crippen LogP contribution in [-0.4, -0.2) is 20.5 Å². The van der Waals surface area contributed by atoms with Crippen LogP contribution < -0.4 is 4.74 Å². The van der Waals surface area contributed by atoms with E-state index in [1.807, 2.05) is 30.3 Å². The van der Waals surface area contributed by atoms with Gasteiger partial charge in [0.15, 0.2) is 0 Å². The van der Waals surface area contributed by atoms with Gasteiger partial charge in [-0.2, -0.15) is 0 Å². The third-order valence-electron chi connectivity index (χ3n) is 3.50. The monoisotopic (exact) mass is 359 g/mol. The van der Waals surface area contributed by atoms with Gasteiger partial charge >= 0.3 is 0 Å². The first kappa shape index (κ1) is 16.5. The molecule has 3 rings (SSSR count). The highest BCUT2D eigenvalue weighted by Crippen LogP contribution is 2.32. The Labute approximate surface area is 145 Å². The maximum Gasteiger partial charge on any atom is 0.213 e. The molecule has 24 heavy (non-hydrogen) atoms. The van der Waals surface area contributed by atoms with Crippen LogP contribution in [0.5, 0.6) is 5.88 Å². The minimum atomic E-state index is -3.74. The molecule has 0 amide bonds. The molecule has 0 saturated heterocycles. The number of pyridine rings is 1. The number of aromatic nitrogens is 1. The fourth-order valence-corrected chi connectivity index (χ4v) is 3.84. The number of hydrogen-bond acceptors (Lipinski definition) is 4. The van der Waals surface area contributed by atoms with Crippen molar-refractivity contribution < 1.29 is 13.2 Å². The van der Waals surface area contributed by atoms with E-state index in [0.717, 1.165) is 0 Å². The molecule has 0 saturated carbocycles. The maximum atomic E-state index is 13.0. The Morgan fingerprint density at radius 3 is 2.21 bits per heavy atom. The summed E-state index contributed by atoms with van der Waals surface area (Å²) >= 11 is 5.85. The first-order valence-electron chi connectivity index (χ1n) is 7.13. The summed E-state index contributed by atoms with van der Waals surface area (Å²) in [6, 6.07) is 18.2. The summed E-state index contributed by atoms with van der Waals surface area (Å²) in [5, 5.41) is 0.477. The lowest BCUT2D eigenvalue weighted by Crippen LogP contribution is -2.06. The van der Waals surface area contributed by atoms with Crippen LogP contribution in [0.3, 0.4) is 0 Å². The van der Waals surface area contributed by atoms with Gasteiger partial charge in [-0.05, 0) is 30.3 Å². The van der Waals surface area contributed by atoms with E-state index in [-0.39, 0.29) is 9.79 Å². The highest BCUT2D eigenvalue weighted by Gasteiger charge is 2.23. The van der Waals surface area contributed by atoms with Crippen molar-refractivity contribution in [3.63, 3.8) is 0 Å². The summed E-state index contributed by atoms with van der Waals surface area (Å²) in [7, 11) is -2.25. The molecule has 0 aliphatic carbocycles. The summed E-state index contributed by atoms with van der Waals surface area (Å²) in [5.74, 6) is 0.351. The SMILES string of the molecule is COc1ccc(S(=O)(=O)c2ccc(Cl)cc2)c(-c2ccccc2)n1. The molecule has 0 atom stereocenters. The van der Waals surface area contributed by atoms with E-state index in [2.05, 4.69) is 4.98 Å². The van der Waals surface area contributed by atoms with Gasteiger partial charge < -0.3 is 4.74 Å². The number of benzene rings is 2. The molecule has 0 N–H and O–H groups in total. The van der Waals surface area contributed by atoms with Gasteiger partial charge in [0, 0.05) is 16.7 Å². The predicted molar refractivity (Wildman–Crippen MR) is 93.1 cm³/mol.